The van der Waals surface area contributed by atoms with E-state index in [1.807, 2.05) is 0 Å². The Balaban J connectivity index is 1.89. The summed E-state index contributed by atoms with van der Waals surface area (Å²) in [6.45, 7) is 7.98. The number of fused-ring (bicyclic) bond motifs is 1. The van der Waals surface area contributed by atoms with Crippen LogP contribution in [0, 0.1) is 24.7 Å². The zero-order valence-electron chi connectivity index (χ0n) is 18.7. The van der Waals surface area contributed by atoms with Crippen LogP contribution in [0.5, 0.6) is 0 Å². The fourth-order valence-corrected chi connectivity index (χ4v) is 3.80. The van der Waals surface area contributed by atoms with Gasteiger partial charge in [-0.1, -0.05) is 11.8 Å². The molecule has 0 atom stereocenters. The SMILES string of the molecule is CC(=O)N1CCC(COC(=O)c2c(C)[nH]c3c(=O)n(C)cc(C#CC(C)(C)O)c23)CC1. The maximum absolute atomic E-state index is 13.0. The van der Waals surface area contributed by atoms with Gasteiger partial charge in [-0.3, -0.25) is 9.59 Å². The molecule has 2 N–H and O–H groups in total. The van der Waals surface area contributed by atoms with Crippen molar-refractivity contribution in [2.75, 3.05) is 19.7 Å². The van der Waals surface area contributed by atoms with Crippen LogP contribution in [0.25, 0.3) is 10.9 Å². The third kappa shape index (κ3) is 5.00. The fraction of sp³-hybridized carbons (Fsp3) is 0.522. The number of rotatable bonds is 3. The van der Waals surface area contributed by atoms with Gasteiger partial charge in [-0.25, -0.2) is 4.79 Å². The first kappa shape index (κ1) is 22.6. The Labute approximate surface area is 181 Å². The van der Waals surface area contributed by atoms with Crippen molar-refractivity contribution >= 4 is 22.8 Å². The van der Waals surface area contributed by atoms with Gasteiger partial charge in [-0.15, -0.1) is 0 Å². The van der Waals surface area contributed by atoms with Gasteiger partial charge in [0, 0.05) is 44.3 Å². The van der Waals surface area contributed by atoms with E-state index < -0.39 is 11.6 Å². The van der Waals surface area contributed by atoms with Gasteiger partial charge >= 0.3 is 5.97 Å². The lowest BCUT2D eigenvalue weighted by Crippen LogP contribution is -2.38. The second-order valence-electron chi connectivity index (χ2n) is 8.69. The van der Waals surface area contributed by atoms with Crippen molar-refractivity contribution in [3.05, 3.63) is 33.4 Å². The van der Waals surface area contributed by atoms with Gasteiger partial charge in [0.25, 0.3) is 5.56 Å². The van der Waals surface area contributed by atoms with E-state index in [1.54, 1.807) is 45.8 Å². The Morgan fingerprint density at radius 1 is 1.32 bits per heavy atom. The maximum atomic E-state index is 13.0. The van der Waals surface area contributed by atoms with E-state index in [9.17, 15) is 19.5 Å². The van der Waals surface area contributed by atoms with E-state index in [0.717, 1.165) is 12.8 Å². The lowest BCUT2D eigenvalue weighted by Gasteiger charge is -2.30. The van der Waals surface area contributed by atoms with Crippen molar-refractivity contribution in [1.29, 1.82) is 0 Å². The number of aliphatic hydroxyl groups is 1. The number of piperidine rings is 1. The van der Waals surface area contributed by atoms with Crippen LogP contribution >= 0.6 is 0 Å². The van der Waals surface area contributed by atoms with Crippen molar-refractivity contribution in [2.45, 2.75) is 46.1 Å². The monoisotopic (exact) mass is 427 g/mol. The van der Waals surface area contributed by atoms with Crippen molar-refractivity contribution in [3.8, 4) is 11.8 Å². The summed E-state index contributed by atoms with van der Waals surface area (Å²) in [4.78, 5) is 41.9. The highest BCUT2D eigenvalue weighted by atomic mass is 16.5. The number of aryl methyl sites for hydroxylation is 2. The molecule has 0 radical (unpaired) electrons. The van der Waals surface area contributed by atoms with E-state index in [-0.39, 0.29) is 35.1 Å². The molecule has 2 aromatic heterocycles. The number of nitrogens with one attached hydrogen (secondary N) is 1. The number of H-pyrrole nitrogens is 1. The second kappa shape index (κ2) is 8.60. The number of ether oxygens (including phenoxy) is 1. The Bertz CT molecular complexity index is 1130. The molecular formula is C23H29N3O5. The first-order valence-corrected chi connectivity index (χ1v) is 10.4. The number of hydrogen-bond donors (Lipinski definition) is 2. The third-order valence-electron chi connectivity index (χ3n) is 5.53. The number of hydrogen-bond acceptors (Lipinski definition) is 5. The number of likely N-dealkylation sites (tertiary alicyclic amines) is 1. The molecular weight excluding hydrogens is 398 g/mol. The predicted molar refractivity (Wildman–Crippen MR) is 117 cm³/mol. The molecule has 1 aliphatic rings. The van der Waals surface area contributed by atoms with Gasteiger partial charge in [-0.05, 0) is 39.5 Å². The minimum Gasteiger partial charge on any atom is -0.462 e. The highest BCUT2D eigenvalue weighted by Crippen LogP contribution is 2.25. The lowest BCUT2D eigenvalue weighted by atomic mass is 9.98. The molecule has 0 bridgehead atoms. The zero-order chi connectivity index (χ0) is 22.9. The molecule has 0 aromatic carbocycles. The Hall–Kier alpha value is -3.05. The predicted octanol–water partition coefficient (Wildman–Crippen LogP) is 1.71. The van der Waals surface area contributed by atoms with Crippen LogP contribution in [-0.4, -0.2) is 56.7 Å². The minimum atomic E-state index is -1.22. The lowest BCUT2D eigenvalue weighted by molar-refractivity contribution is -0.130. The van der Waals surface area contributed by atoms with Crippen molar-refractivity contribution in [2.24, 2.45) is 13.0 Å². The molecule has 0 aliphatic carbocycles. The van der Waals surface area contributed by atoms with Crippen LogP contribution in [0.2, 0.25) is 0 Å². The largest absolute Gasteiger partial charge is 0.462 e. The van der Waals surface area contributed by atoms with Gasteiger partial charge in [0.1, 0.15) is 11.1 Å². The number of amides is 1. The van der Waals surface area contributed by atoms with E-state index in [1.165, 1.54) is 4.57 Å². The summed E-state index contributed by atoms with van der Waals surface area (Å²) in [5.74, 6) is 5.37. The Morgan fingerprint density at radius 3 is 2.55 bits per heavy atom. The average Bonchev–Trinajstić information content (AvgIpc) is 3.05. The molecule has 0 saturated carbocycles. The molecule has 3 rings (SSSR count). The summed E-state index contributed by atoms with van der Waals surface area (Å²) >= 11 is 0. The van der Waals surface area contributed by atoms with Crippen LogP contribution in [-0.2, 0) is 16.6 Å². The quantitative estimate of drug-likeness (QED) is 0.573. The summed E-state index contributed by atoms with van der Waals surface area (Å²) in [5, 5.41) is 10.4. The molecule has 8 nitrogen and oxygen atoms in total. The van der Waals surface area contributed by atoms with Gasteiger partial charge < -0.3 is 24.3 Å². The molecule has 0 spiro atoms. The average molecular weight is 428 g/mol. The van der Waals surface area contributed by atoms with Crippen LogP contribution in [0.4, 0.5) is 0 Å². The van der Waals surface area contributed by atoms with Crippen molar-refractivity contribution in [3.63, 3.8) is 0 Å². The van der Waals surface area contributed by atoms with Crippen LogP contribution in [0.1, 0.15) is 55.2 Å². The van der Waals surface area contributed by atoms with Gasteiger partial charge in [0.05, 0.1) is 17.7 Å². The molecule has 1 saturated heterocycles. The van der Waals surface area contributed by atoms with E-state index in [2.05, 4.69) is 16.8 Å². The van der Waals surface area contributed by atoms with E-state index >= 15 is 0 Å². The second-order valence-corrected chi connectivity index (χ2v) is 8.69. The Morgan fingerprint density at radius 2 is 1.97 bits per heavy atom. The molecule has 1 amide bonds. The minimum absolute atomic E-state index is 0.0612. The summed E-state index contributed by atoms with van der Waals surface area (Å²) in [6.07, 6.45) is 3.12. The molecule has 8 heteroatoms. The third-order valence-corrected chi connectivity index (χ3v) is 5.53. The smallest absolute Gasteiger partial charge is 0.340 e. The number of esters is 1. The van der Waals surface area contributed by atoms with Crippen LogP contribution < -0.4 is 5.56 Å². The van der Waals surface area contributed by atoms with Gasteiger partial charge in [-0.2, -0.15) is 0 Å². The molecule has 31 heavy (non-hydrogen) atoms. The standard InChI is InChI=1S/C23H29N3O5/c1-14-18(22(29)31-13-16-7-10-26(11-8-16)15(2)27)19-17(6-9-23(3,4)30)12-25(5)21(28)20(19)24-14/h12,16,24,30H,7-8,10-11,13H2,1-5H3. The highest BCUT2D eigenvalue weighted by Gasteiger charge is 2.25. The zero-order valence-corrected chi connectivity index (χ0v) is 18.7. The number of aromatic amines is 1. The number of carbonyl (C=O) groups is 2. The number of pyridine rings is 1. The first-order chi connectivity index (χ1) is 14.5. The first-order valence-electron chi connectivity index (χ1n) is 10.4. The van der Waals surface area contributed by atoms with Gasteiger partial charge in [0.15, 0.2) is 0 Å². The van der Waals surface area contributed by atoms with E-state index in [0.29, 0.717) is 29.7 Å². The highest BCUT2D eigenvalue weighted by molar-refractivity contribution is 6.07. The molecule has 1 aliphatic heterocycles. The molecule has 1 fully saturated rings. The summed E-state index contributed by atoms with van der Waals surface area (Å²) in [5.41, 5.74) is 0.0639. The summed E-state index contributed by atoms with van der Waals surface area (Å²) < 4.78 is 7.01. The molecule has 0 unspecified atom stereocenters. The number of nitrogens with zero attached hydrogens (tertiary/aromatic N) is 2. The van der Waals surface area contributed by atoms with Gasteiger partial charge in [0.2, 0.25) is 5.91 Å². The summed E-state index contributed by atoms with van der Waals surface area (Å²) in [6, 6.07) is 0. The molecule has 2 aromatic rings. The van der Waals surface area contributed by atoms with Crippen LogP contribution in [0.15, 0.2) is 11.0 Å². The number of aromatic nitrogens is 2. The normalized spacial score (nSPS) is 15.0. The maximum Gasteiger partial charge on any atom is 0.340 e. The van der Waals surface area contributed by atoms with Crippen LogP contribution in [0.3, 0.4) is 0 Å². The topological polar surface area (TPSA) is 105 Å². The molecule has 166 valence electrons. The Kier molecular flexibility index (Phi) is 6.27. The van der Waals surface area contributed by atoms with Crippen molar-refractivity contribution in [1.82, 2.24) is 14.5 Å². The number of carbonyl (C=O) groups excluding carboxylic acids is 2. The van der Waals surface area contributed by atoms with Crippen molar-refractivity contribution < 1.29 is 19.4 Å². The fourth-order valence-electron chi connectivity index (χ4n) is 3.80. The van der Waals surface area contributed by atoms with E-state index in [4.69, 9.17) is 4.74 Å². The summed E-state index contributed by atoms with van der Waals surface area (Å²) in [7, 11) is 1.61. The molecule has 3 heterocycles.